The van der Waals surface area contributed by atoms with E-state index >= 15 is 0 Å². The highest BCUT2D eigenvalue weighted by atomic mass is 32.2. The Morgan fingerprint density at radius 3 is 2.13 bits per heavy atom. The Morgan fingerprint density at radius 1 is 0.974 bits per heavy atom. The maximum Gasteiger partial charge on any atom is 0.149 e. The molecule has 4 heterocycles. The van der Waals surface area contributed by atoms with Crippen LogP contribution in [0.3, 0.4) is 0 Å². The van der Waals surface area contributed by atoms with Gasteiger partial charge in [0.05, 0.1) is 23.7 Å². The Hall–Kier alpha value is -2.15. The summed E-state index contributed by atoms with van der Waals surface area (Å²) in [6.45, 7) is 10.8. The summed E-state index contributed by atoms with van der Waals surface area (Å²) in [6, 6.07) is 4.06. The first-order valence-corrected chi connectivity index (χ1v) is 18.2. The van der Waals surface area contributed by atoms with E-state index < -0.39 is 19.7 Å². The van der Waals surface area contributed by atoms with Crippen molar-refractivity contribution in [2.24, 2.45) is 0 Å². The van der Waals surface area contributed by atoms with Gasteiger partial charge in [0.2, 0.25) is 0 Å². The highest BCUT2D eigenvalue weighted by molar-refractivity contribution is 7.90. The van der Waals surface area contributed by atoms with Crippen molar-refractivity contribution in [1.82, 2.24) is 24.6 Å². The minimum absolute atomic E-state index is 0.00271. The molecule has 0 spiro atoms. The van der Waals surface area contributed by atoms with Gasteiger partial charge in [-0.3, -0.25) is 9.67 Å². The highest BCUT2D eigenvalue weighted by Gasteiger charge is 2.28. The summed E-state index contributed by atoms with van der Waals surface area (Å²) in [5.74, 6) is 0.718. The molecular weight excluding hydrogens is 555 g/mol. The van der Waals surface area contributed by atoms with E-state index in [1.165, 1.54) is 17.4 Å². The molecule has 0 bridgehead atoms. The van der Waals surface area contributed by atoms with Gasteiger partial charge < -0.3 is 4.90 Å². The third-order valence-electron chi connectivity index (χ3n) is 7.09. The summed E-state index contributed by atoms with van der Waals surface area (Å²) in [5.41, 5.74) is 5.57. The number of aromatic nitrogens is 4. The summed E-state index contributed by atoms with van der Waals surface area (Å²) in [6.07, 6.45) is 6.42. The van der Waals surface area contributed by atoms with Gasteiger partial charge in [-0.05, 0) is 63.7 Å². The molecule has 39 heavy (non-hydrogen) atoms. The predicted octanol–water partition coefficient (Wildman–Crippen LogP) is 4.08. The summed E-state index contributed by atoms with van der Waals surface area (Å²) < 4.78 is 49.0. The van der Waals surface area contributed by atoms with E-state index in [0.717, 1.165) is 64.8 Å². The predicted molar refractivity (Wildman–Crippen MR) is 158 cm³/mol. The van der Waals surface area contributed by atoms with Crippen LogP contribution < -0.4 is 0 Å². The number of aryl methyl sites for hydroxylation is 3. The Labute approximate surface area is 236 Å². The van der Waals surface area contributed by atoms with Gasteiger partial charge in [-0.25, -0.2) is 21.8 Å². The molecule has 0 radical (unpaired) electrons. The fourth-order valence-electron chi connectivity index (χ4n) is 5.19. The Balaban J connectivity index is 1.66. The van der Waals surface area contributed by atoms with Gasteiger partial charge in [0.1, 0.15) is 30.4 Å². The fraction of sp³-hybridized carbons (Fsp3) is 0.593. The summed E-state index contributed by atoms with van der Waals surface area (Å²) in [7, 11) is -6.14. The Morgan fingerprint density at radius 2 is 1.56 bits per heavy atom. The SMILES string of the molecule is Cc1cc(-c2c(C(C)C)c(-c3ncc(C4CCN(CCS(C)(=O)=O)CC4)s3)nn2CCS(C)(=O)=O)cc(C)n1. The third kappa shape index (κ3) is 7.74. The number of piperidine rings is 1. The largest absolute Gasteiger partial charge is 0.302 e. The molecular formula is C27H39N5O4S3. The van der Waals surface area contributed by atoms with Crippen molar-refractivity contribution in [2.45, 2.75) is 58.9 Å². The molecule has 3 aromatic heterocycles. The maximum atomic E-state index is 12.1. The van der Waals surface area contributed by atoms with Gasteiger partial charge >= 0.3 is 0 Å². The maximum absolute atomic E-state index is 12.1. The zero-order valence-electron chi connectivity index (χ0n) is 23.6. The lowest BCUT2D eigenvalue weighted by Gasteiger charge is -2.31. The normalized spacial score (nSPS) is 15.9. The molecule has 1 saturated heterocycles. The van der Waals surface area contributed by atoms with Crippen molar-refractivity contribution in [3.8, 4) is 22.0 Å². The number of hydrogen-bond donors (Lipinski definition) is 0. The van der Waals surface area contributed by atoms with Gasteiger partial charge in [0.15, 0.2) is 0 Å². The van der Waals surface area contributed by atoms with Gasteiger partial charge in [-0.2, -0.15) is 5.10 Å². The first kappa shape index (κ1) is 29.8. The van der Waals surface area contributed by atoms with Gasteiger partial charge in [0.25, 0.3) is 0 Å². The van der Waals surface area contributed by atoms with E-state index in [0.29, 0.717) is 12.5 Å². The molecule has 0 amide bonds. The monoisotopic (exact) mass is 593 g/mol. The second-order valence-corrected chi connectivity index (χ2v) is 16.7. The van der Waals surface area contributed by atoms with Crippen LogP contribution in [0.4, 0.5) is 0 Å². The lowest BCUT2D eigenvalue weighted by atomic mass is 9.96. The fourth-order valence-corrected chi connectivity index (χ4v) is 7.37. The molecule has 3 aromatic rings. The van der Waals surface area contributed by atoms with E-state index in [1.54, 1.807) is 11.3 Å². The van der Waals surface area contributed by atoms with E-state index in [2.05, 4.69) is 23.7 Å². The quantitative estimate of drug-likeness (QED) is 0.346. The number of rotatable bonds is 10. The molecule has 0 N–H and O–H groups in total. The van der Waals surface area contributed by atoms with Gasteiger partial charge in [-0.1, -0.05) is 13.8 Å². The molecule has 12 heteroatoms. The molecule has 1 aliphatic rings. The van der Waals surface area contributed by atoms with Crippen LogP contribution in [-0.4, -0.2) is 85.1 Å². The molecule has 0 aliphatic carbocycles. The van der Waals surface area contributed by atoms with Crippen molar-refractivity contribution < 1.29 is 16.8 Å². The molecule has 0 atom stereocenters. The van der Waals surface area contributed by atoms with Gasteiger partial charge in [-0.15, -0.1) is 11.3 Å². The second-order valence-electron chi connectivity index (χ2n) is 11.1. The average molecular weight is 594 g/mol. The molecule has 214 valence electrons. The zero-order chi connectivity index (χ0) is 28.5. The Bertz CT molecular complexity index is 1510. The van der Waals surface area contributed by atoms with Crippen LogP contribution in [0.15, 0.2) is 18.3 Å². The lowest BCUT2D eigenvalue weighted by Crippen LogP contribution is -2.36. The van der Waals surface area contributed by atoms with Crippen LogP contribution in [0, 0.1) is 13.8 Å². The van der Waals surface area contributed by atoms with Crippen LogP contribution in [0.2, 0.25) is 0 Å². The first-order valence-electron chi connectivity index (χ1n) is 13.3. The molecule has 0 unspecified atom stereocenters. The summed E-state index contributed by atoms with van der Waals surface area (Å²) in [5, 5.41) is 5.82. The van der Waals surface area contributed by atoms with Crippen LogP contribution in [0.25, 0.3) is 22.0 Å². The zero-order valence-corrected chi connectivity index (χ0v) is 26.1. The molecule has 0 saturated carbocycles. The van der Waals surface area contributed by atoms with Crippen LogP contribution in [-0.2, 0) is 26.2 Å². The minimum atomic E-state index is -3.18. The highest BCUT2D eigenvalue weighted by Crippen LogP contribution is 2.41. The number of hydrogen-bond acceptors (Lipinski definition) is 9. The number of thiazole rings is 1. The molecule has 4 rings (SSSR count). The number of nitrogens with zero attached hydrogens (tertiary/aromatic N) is 5. The summed E-state index contributed by atoms with van der Waals surface area (Å²) in [4.78, 5) is 12.8. The minimum Gasteiger partial charge on any atom is -0.302 e. The molecule has 0 aromatic carbocycles. The van der Waals surface area contributed by atoms with E-state index in [1.807, 2.05) is 36.9 Å². The standard InChI is InChI=1S/C27H39N5O4S3/c1-18(2)24-25(27-28-17-23(37-27)21-7-9-31(10-8-21)11-13-38(5,33)34)30-32(12-14-39(6,35)36)26(24)22-15-19(3)29-20(4)16-22/h15-18,21H,7-14H2,1-6H3. The number of pyridine rings is 1. The van der Waals surface area contributed by atoms with E-state index in [-0.39, 0.29) is 24.0 Å². The number of sulfone groups is 2. The smallest absolute Gasteiger partial charge is 0.149 e. The number of likely N-dealkylation sites (tertiary alicyclic amines) is 1. The van der Waals surface area contributed by atoms with Crippen molar-refractivity contribution in [2.75, 3.05) is 43.7 Å². The van der Waals surface area contributed by atoms with Crippen molar-refractivity contribution in [1.29, 1.82) is 0 Å². The topological polar surface area (TPSA) is 115 Å². The third-order valence-corrected chi connectivity index (χ3v) is 10.1. The van der Waals surface area contributed by atoms with E-state index in [4.69, 9.17) is 10.1 Å². The molecule has 9 nitrogen and oxygen atoms in total. The van der Waals surface area contributed by atoms with E-state index in [9.17, 15) is 16.8 Å². The molecule has 1 aliphatic heterocycles. The van der Waals surface area contributed by atoms with Gasteiger partial charge in [0, 0.05) is 52.6 Å². The Kier molecular flexibility index (Phi) is 8.99. The van der Waals surface area contributed by atoms with Crippen molar-refractivity contribution >= 4 is 31.0 Å². The van der Waals surface area contributed by atoms with Crippen LogP contribution >= 0.6 is 11.3 Å². The summed E-state index contributed by atoms with van der Waals surface area (Å²) >= 11 is 1.66. The van der Waals surface area contributed by atoms with Crippen LogP contribution in [0.1, 0.15) is 60.4 Å². The van der Waals surface area contributed by atoms with Crippen molar-refractivity contribution in [3.63, 3.8) is 0 Å². The lowest BCUT2D eigenvalue weighted by molar-refractivity contribution is 0.224. The van der Waals surface area contributed by atoms with Crippen LogP contribution in [0.5, 0.6) is 0 Å². The molecule has 1 fully saturated rings. The first-order chi connectivity index (χ1) is 18.2. The average Bonchev–Trinajstić information content (AvgIpc) is 3.45. The second kappa shape index (κ2) is 11.8. The van der Waals surface area contributed by atoms with Crippen molar-refractivity contribution in [3.05, 3.63) is 40.2 Å².